The number of nitrogens with two attached hydrogens (primary N) is 2. The summed E-state index contributed by atoms with van der Waals surface area (Å²) >= 11 is 1.51. The number of carbonyl (C=O) groups is 1. The molecule has 1 aromatic rings. The van der Waals surface area contributed by atoms with Crippen molar-refractivity contribution >= 4 is 29.0 Å². The molecule has 0 bridgehead atoms. The zero-order valence-electron chi connectivity index (χ0n) is 7.49. The molecule has 1 aromatic carbocycles. The van der Waals surface area contributed by atoms with Crippen molar-refractivity contribution in [1.29, 1.82) is 0 Å². The van der Waals surface area contributed by atoms with Crippen molar-refractivity contribution in [2.24, 2.45) is 5.73 Å². The number of anilines is 2. The van der Waals surface area contributed by atoms with Crippen molar-refractivity contribution in [2.75, 3.05) is 16.8 Å². The van der Waals surface area contributed by atoms with Crippen molar-refractivity contribution in [3.63, 3.8) is 0 Å². The van der Waals surface area contributed by atoms with E-state index in [2.05, 4.69) is 5.32 Å². The summed E-state index contributed by atoms with van der Waals surface area (Å²) in [4.78, 5) is 12.3. The van der Waals surface area contributed by atoms with Crippen molar-refractivity contribution in [1.82, 2.24) is 0 Å². The molecule has 0 saturated carbocycles. The number of fused-ring (bicyclic) bond motifs is 1. The van der Waals surface area contributed by atoms with Crippen LogP contribution in [0.1, 0.15) is 0 Å². The summed E-state index contributed by atoms with van der Waals surface area (Å²) in [6, 6.07) is 4.99. The zero-order chi connectivity index (χ0) is 10.1. The molecule has 0 saturated heterocycles. The van der Waals surface area contributed by atoms with Gasteiger partial charge in [-0.05, 0) is 12.1 Å². The Morgan fingerprint density at radius 1 is 1.50 bits per heavy atom. The van der Waals surface area contributed by atoms with Crippen molar-refractivity contribution in [3.8, 4) is 0 Å². The third kappa shape index (κ3) is 1.56. The number of carbonyl (C=O) groups excluding carboxylic acids is 1. The molecule has 74 valence electrons. The first kappa shape index (κ1) is 9.36. The molecule has 4 nitrogen and oxygen atoms in total. The van der Waals surface area contributed by atoms with Crippen LogP contribution in [-0.2, 0) is 4.79 Å². The third-order valence-electron chi connectivity index (χ3n) is 2.05. The second-order valence-corrected chi connectivity index (χ2v) is 4.16. The zero-order valence-corrected chi connectivity index (χ0v) is 8.30. The smallest absolute Gasteiger partial charge is 0.242 e. The first-order chi connectivity index (χ1) is 6.68. The molecular formula is C9H11N3OS. The van der Waals surface area contributed by atoms with Gasteiger partial charge in [0.25, 0.3) is 0 Å². The molecule has 1 amide bonds. The fourth-order valence-corrected chi connectivity index (χ4v) is 2.30. The number of amides is 1. The molecule has 0 aromatic heterocycles. The van der Waals surface area contributed by atoms with Gasteiger partial charge in [-0.1, -0.05) is 6.07 Å². The van der Waals surface area contributed by atoms with E-state index in [-0.39, 0.29) is 5.91 Å². The summed E-state index contributed by atoms with van der Waals surface area (Å²) in [7, 11) is 0. The summed E-state index contributed by atoms with van der Waals surface area (Å²) in [6.07, 6.45) is 0. The van der Waals surface area contributed by atoms with Crippen LogP contribution >= 0.6 is 11.8 Å². The SMILES string of the molecule is Nc1cccc2c1SCC(N)C(=O)N2. The van der Waals surface area contributed by atoms with Crippen LogP contribution < -0.4 is 16.8 Å². The number of rotatable bonds is 0. The fraction of sp³-hybridized carbons (Fsp3) is 0.222. The van der Waals surface area contributed by atoms with Crippen molar-refractivity contribution < 1.29 is 4.79 Å². The number of hydrogen-bond acceptors (Lipinski definition) is 4. The molecule has 14 heavy (non-hydrogen) atoms. The molecule has 0 spiro atoms. The molecule has 0 radical (unpaired) electrons. The Morgan fingerprint density at radius 2 is 2.29 bits per heavy atom. The van der Waals surface area contributed by atoms with Gasteiger partial charge < -0.3 is 16.8 Å². The van der Waals surface area contributed by atoms with Gasteiger partial charge in [-0.3, -0.25) is 4.79 Å². The summed E-state index contributed by atoms with van der Waals surface area (Å²) in [5.41, 5.74) is 12.9. The lowest BCUT2D eigenvalue weighted by molar-refractivity contribution is -0.116. The highest BCUT2D eigenvalue weighted by Crippen LogP contribution is 2.34. The van der Waals surface area contributed by atoms with Crippen LogP contribution in [0, 0.1) is 0 Å². The first-order valence-electron chi connectivity index (χ1n) is 4.26. The highest BCUT2D eigenvalue weighted by Gasteiger charge is 2.21. The first-order valence-corrected chi connectivity index (χ1v) is 5.25. The molecular weight excluding hydrogens is 198 g/mol. The van der Waals surface area contributed by atoms with E-state index >= 15 is 0 Å². The molecule has 0 aliphatic carbocycles. The Balaban J connectivity index is 2.42. The van der Waals surface area contributed by atoms with Crippen LogP contribution in [0.15, 0.2) is 23.1 Å². The summed E-state index contributed by atoms with van der Waals surface area (Å²) in [5.74, 6) is 0.411. The maximum absolute atomic E-state index is 11.4. The minimum atomic E-state index is -0.466. The standard InChI is InChI=1S/C9H11N3OS/c10-5-2-1-3-7-8(5)14-4-6(11)9(13)12-7/h1-3,6H,4,10-11H2,(H,12,13). The van der Waals surface area contributed by atoms with Crippen LogP contribution in [0.5, 0.6) is 0 Å². The van der Waals surface area contributed by atoms with Crippen molar-refractivity contribution in [2.45, 2.75) is 10.9 Å². The minimum absolute atomic E-state index is 0.151. The van der Waals surface area contributed by atoms with E-state index in [1.807, 2.05) is 18.2 Å². The maximum atomic E-state index is 11.4. The second kappa shape index (κ2) is 3.51. The van der Waals surface area contributed by atoms with Crippen LogP contribution in [0.3, 0.4) is 0 Å². The van der Waals surface area contributed by atoms with Gasteiger partial charge >= 0.3 is 0 Å². The largest absolute Gasteiger partial charge is 0.398 e. The van der Waals surface area contributed by atoms with Crippen LogP contribution in [0.25, 0.3) is 0 Å². The van der Waals surface area contributed by atoms with E-state index in [1.165, 1.54) is 11.8 Å². The predicted molar refractivity (Wildman–Crippen MR) is 58.2 cm³/mol. The van der Waals surface area contributed by atoms with E-state index in [0.717, 1.165) is 10.6 Å². The molecule has 5 N–H and O–H groups in total. The highest BCUT2D eigenvalue weighted by molar-refractivity contribution is 7.99. The van der Waals surface area contributed by atoms with Gasteiger partial charge in [0.15, 0.2) is 0 Å². The van der Waals surface area contributed by atoms with Gasteiger partial charge in [0.2, 0.25) is 5.91 Å². The van der Waals surface area contributed by atoms with Crippen LogP contribution in [0.4, 0.5) is 11.4 Å². The minimum Gasteiger partial charge on any atom is -0.398 e. The molecule has 1 atom stereocenters. The molecule has 1 unspecified atom stereocenters. The highest BCUT2D eigenvalue weighted by atomic mass is 32.2. The number of hydrogen-bond donors (Lipinski definition) is 3. The fourth-order valence-electron chi connectivity index (χ4n) is 1.29. The van der Waals surface area contributed by atoms with E-state index in [1.54, 1.807) is 0 Å². The maximum Gasteiger partial charge on any atom is 0.242 e. The third-order valence-corrected chi connectivity index (χ3v) is 3.32. The van der Waals surface area contributed by atoms with Gasteiger partial charge in [0.1, 0.15) is 0 Å². The molecule has 5 heteroatoms. The van der Waals surface area contributed by atoms with E-state index in [0.29, 0.717) is 11.4 Å². The van der Waals surface area contributed by atoms with E-state index in [9.17, 15) is 4.79 Å². The average Bonchev–Trinajstić information content (AvgIpc) is 2.29. The Morgan fingerprint density at radius 3 is 3.07 bits per heavy atom. The number of thioether (sulfide) groups is 1. The van der Waals surface area contributed by atoms with E-state index < -0.39 is 6.04 Å². The number of benzene rings is 1. The average molecular weight is 209 g/mol. The normalized spacial score (nSPS) is 20.9. The Hall–Kier alpha value is -1.20. The van der Waals surface area contributed by atoms with Gasteiger partial charge in [0.05, 0.1) is 16.6 Å². The summed E-state index contributed by atoms with van der Waals surface area (Å²) < 4.78 is 0. The van der Waals surface area contributed by atoms with Gasteiger partial charge in [-0.15, -0.1) is 11.8 Å². The Labute approximate surface area is 86.0 Å². The Kier molecular flexibility index (Phi) is 2.35. The monoisotopic (exact) mass is 209 g/mol. The topological polar surface area (TPSA) is 81.1 Å². The van der Waals surface area contributed by atoms with Crippen LogP contribution in [-0.4, -0.2) is 17.7 Å². The molecule has 1 heterocycles. The Bertz CT molecular complexity index is 380. The van der Waals surface area contributed by atoms with Crippen LogP contribution in [0.2, 0.25) is 0 Å². The molecule has 0 fully saturated rings. The quantitative estimate of drug-likeness (QED) is 0.548. The number of nitrogens with one attached hydrogen (secondary N) is 1. The molecule has 2 rings (SSSR count). The van der Waals surface area contributed by atoms with Gasteiger partial charge in [0, 0.05) is 11.4 Å². The lowest BCUT2D eigenvalue weighted by atomic mass is 10.2. The lowest BCUT2D eigenvalue weighted by Crippen LogP contribution is -2.36. The van der Waals surface area contributed by atoms with E-state index in [4.69, 9.17) is 11.5 Å². The predicted octanol–water partition coefficient (Wildman–Crippen LogP) is 0.640. The lowest BCUT2D eigenvalue weighted by Gasteiger charge is -2.07. The van der Waals surface area contributed by atoms with Gasteiger partial charge in [-0.25, -0.2) is 0 Å². The van der Waals surface area contributed by atoms with Crippen molar-refractivity contribution in [3.05, 3.63) is 18.2 Å². The second-order valence-electron chi connectivity index (χ2n) is 3.13. The summed E-state index contributed by atoms with van der Waals surface area (Å²) in [6.45, 7) is 0. The van der Waals surface area contributed by atoms with Gasteiger partial charge in [-0.2, -0.15) is 0 Å². The number of nitrogen functional groups attached to an aromatic ring is 1. The molecule has 1 aliphatic heterocycles. The molecule has 1 aliphatic rings. The summed E-state index contributed by atoms with van der Waals surface area (Å²) in [5, 5.41) is 2.75.